The number of fused-ring (bicyclic) bond motifs is 3. The first kappa shape index (κ1) is 24.6. The van der Waals surface area contributed by atoms with E-state index in [0.717, 1.165) is 0 Å². The number of nitrogens with zero attached hydrogens (tertiary/aromatic N) is 3. The molecule has 1 saturated heterocycles. The van der Waals surface area contributed by atoms with E-state index in [1.807, 2.05) is 19.0 Å². The number of carbonyl (C=O) groups excluding carboxylic acids is 3. The average molecular weight is 504 g/mol. The van der Waals surface area contributed by atoms with Crippen LogP contribution < -0.4 is 14.4 Å². The summed E-state index contributed by atoms with van der Waals surface area (Å²) in [6.07, 6.45) is 2.12. The van der Waals surface area contributed by atoms with Gasteiger partial charge in [0.1, 0.15) is 19.0 Å². The fraction of sp³-hybridized carbons (Fsp3) is 0.321. The van der Waals surface area contributed by atoms with Crippen LogP contribution in [-0.4, -0.2) is 79.4 Å². The number of rotatable bonds is 7. The predicted octanol–water partition coefficient (Wildman–Crippen LogP) is 2.52. The second-order valence-corrected chi connectivity index (χ2v) is 9.46. The van der Waals surface area contributed by atoms with E-state index in [1.165, 1.54) is 9.80 Å². The Morgan fingerprint density at radius 2 is 1.84 bits per heavy atom. The van der Waals surface area contributed by atoms with Gasteiger partial charge in [-0.05, 0) is 51.3 Å². The van der Waals surface area contributed by atoms with E-state index in [1.54, 1.807) is 48.5 Å². The van der Waals surface area contributed by atoms with Gasteiger partial charge in [-0.25, -0.2) is 0 Å². The van der Waals surface area contributed by atoms with E-state index in [4.69, 9.17) is 9.47 Å². The molecule has 2 aromatic carbocycles. The van der Waals surface area contributed by atoms with Gasteiger partial charge < -0.3 is 29.3 Å². The Balaban J connectivity index is 1.74. The molecule has 1 atom stereocenters. The van der Waals surface area contributed by atoms with Gasteiger partial charge in [-0.1, -0.05) is 24.3 Å². The molecule has 2 aromatic rings. The lowest BCUT2D eigenvalue weighted by atomic mass is 9.81. The SMILES string of the molecule is C=CCN1C(=O)C2(/C(=C(\O)c3ccc4c(c3)OCCO4)C(=O)C(=O)N2CCCN(C)C)c2ccccc21. The fourth-order valence-electron chi connectivity index (χ4n) is 5.36. The Labute approximate surface area is 215 Å². The summed E-state index contributed by atoms with van der Waals surface area (Å²) in [6, 6.07) is 11.8. The van der Waals surface area contributed by atoms with Crippen LogP contribution >= 0.6 is 0 Å². The Bertz CT molecular complexity index is 1330. The number of aliphatic hydroxyl groups excluding tert-OH is 1. The first-order chi connectivity index (χ1) is 17.8. The minimum absolute atomic E-state index is 0.155. The maximum absolute atomic E-state index is 14.3. The number of likely N-dealkylation sites (tertiary alicyclic amines) is 1. The number of hydrogen-bond acceptors (Lipinski definition) is 7. The first-order valence-electron chi connectivity index (χ1n) is 12.2. The molecular formula is C28H29N3O6. The number of benzene rings is 2. The molecule has 3 aliphatic heterocycles. The number of aliphatic hydroxyl groups is 1. The third kappa shape index (κ3) is 3.69. The highest BCUT2D eigenvalue weighted by atomic mass is 16.6. The summed E-state index contributed by atoms with van der Waals surface area (Å²) < 4.78 is 11.2. The van der Waals surface area contributed by atoms with Gasteiger partial charge in [0.15, 0.2) is 17.0 Å². The molecule has 3 aliphatic rings. The van der Waals surface area contributed by atoms with Crippen molar-refractivity contribution in [2.75, 3.05) is 51.8 Å². The van der Waals surface area contributed by atoms with Gasteiger partial charge in [-0.3, -0.25) is 14.4 Å². The van der Waals surface area contributed by atoms with Crippen LogP contribution in [0, 0.1) is 0 Å². The Kier molecular flexibility index (Phi) is 6.25. The monoisotopic (exact) mass is 503 g/mol. The van der Waals surface area contributed by atoms with Crippen molar-refractivity contribution in [3.63, 3.8) is 0 Å². The topological polar surface area (TPSA) is 99.6 Å². The van der Waals surface area contributed by atoms with Crippen molar-refractivity contribution in [2.24, 2.45) is 0 Å². The van der Waals surface area contributed by atoms with Gasteiger partial charge >= 0.3 is 0 Å². The van der Waals surface area contributed by atoms with Crippen LogP contribution in [0.2, 0.25) is 0 Å². The zero-order chi connectivity index (χ0) is 26.3. The summed E-state index contributed by atoms with van der Waals surface area (Å²) in [4.78, 5) is 46.2. The molecule has 0 saturated carbocycles. The van der Waals surface area contributed by atoms with Gasteiger partial charge in [0.2, 0.25) is 0 Å². The quantitative estimate of drug-likeness (QED) is 0.268. The lowest BCUT2D eigenvalue weighted by Crippen LogP contribution is -2.52. The van der Waals surface area contributed by atoms with Crippen LogP contribution in [0.25, 0.3) is 5.76 Å². The molecule has 37 heavy (non-hydrogen) atoms. The zero-order valence-corrected chi connectivity index (χ0v) is 20.9. The molecule has 0 bridgehead atoms. The van der Waals surface area contributed by atoms with Gasteiger partial charge in [-0.2, -0.15) is 0 Å². The molecule has 1 N–H and O–H groups in total. The van der Waals surface area contributed by atoms with E-state index < -0.39 is 28.9 Å². The molecule has 1 unspecified atom stereocenters. The minimum Gasteiger partial charge on any atom is -0.507 e. The summed E-state index contributed by atoms with van der Waals surface area (Å²) in [6.45, 7) is 5.51. The van der Waals surface area contributed by atoms with Gasteiger partial charge in [0.25, 0.3) is 17.6 Å². The Morgan fingerprint density at radius 1 is 1.11 bits per heavy atom. The molecule has 9 nitrogen and oxygen atoms in total. The van der Waals surface area contributed by atoms with Crippen LogP contribution in [0.1, 0.15) is 17.5 Å². The molecule has 2 amide bonds. The van der Waals surface area contributed by atoms with E-state index in [2.05, 4.69) is 6.58 Å². The second-order valence-electron chi connectivity index (χ2n) is 9.46. The molecule has 9 heteroatoms. The number of para-hydroxylation sites is 1. The molecule has 192 valence electrons. The number of Topliss-reactive ketones (excluding diaryl/α,β-unsaturated/α-hetero) is 1. The standard InChI is InChI=1S/C28H29N3O6/c1-4-12-30-20-9-6-5-8-19(20)28(27(30)35)23(25(33)26(34)31(28)14-7-13-29(2)3)24(32)18-10-11-21-22(17-18)37-16-15-36-21/h4-6,8-11,17,32H,1,7,12-16H2,2-3H3/b24-23-. The highest BCUT2D eigenvalue weighted by molar-refractivity contribution is 6.50. The molecule has 0 aliphatic carbocycles. The summed E-state index contributed by atoms with van der Waals surface area (Å²) in [7, 11) is 3.82. The van der Waals surface area contributed by atoms with Crippen LogP contribution in [0.5, 0.6) is 11.5 Å². The number of carbonyl (C=O) groups is 3. The van der Waals surface area contributed by atoms with Gasteiger partial charge in [-0.15, -0.1) is 6.58 Å². The third-order valence-corrected chi connectivity index (χ3v) is 6.92. The summed E-state index contributed by atoms with van der Waals surface area (Å²) in [5.74, 6) is -1.70. The second kappa shape index (κ2) is 9.40. The molecule has 5 rings (SSSR count). The van der Waals surface area contributed by atoms with Crippen molar-refractivity contribution in [1.29, 1.82) is 0 Å². The van der Waals surface area contributed by atoms with Crippen molar-refractivity contribution in [3.05, 3.63) is 71.8 Å². The van der Waals surface area contributed by atoms with Crippen molar-refractivity contribution in [1.82, 2.24) is 9.80 Å². The maximum atomic E-state index is 14.3. The van der Waals surface area contributed by atoms with E-state index in [-0.39, 0.29) is 24.2 Å². The number of hydrogen-bond donors (Lipinski definition) is 1. The normalized spacial score (nSPS) is 21.8. The van der Waals surface area contributed by atoms with Crippen molar-refractivity contribution in [2.45, 2.75) is 12.0 Å². The molecule has 0 aromatic heterocycles. The van der Waals surface area contributed by atoms with Crippen LogP contribution in [0.15, 0.2) is 60.7 Å². The summed E-state index contributed by atoms with van der Waals surface area (Å²) in [5, 5.41) is 11.6. The number of ether oxygens (including phenoxy) is 2. The molecule has 1 spiro atoms. The van der Waals surface area contributed by atoms with Gasteiger partial charge in [0.05, 0.1) is 11.3 Å². The molecule has 0 radical (unpaired) electrons. The van der Waals surface area contributed by atoms with Crippen LogP contribution in [-0.2, 0) is 19.9 Å². The van der Waals surface area contributed by atoms with E-state index in [9.17, 15) is 19.5 Å². The van der Waals surface area contributed by atoms with Crippen LogP contribution in [0.4, 0.5) is 5.69 Å². The Morgan fingerprint density at radius 3 is 2.57 bits per heavy atom. The fourth-order valence-corrected chi connectivity index (χ4v) is 5.36. The van der Waals surface area contributed by atoms with E-state index in [0.29, 0.717) is 48.9 Å². The lowest BCUT2D eigenvalue weighted by Gasteiger charge is -2.34. The minimum atomic E-state index is -1.79. The van der Waals surface area contributed by atoms with Crippen molar-refractivity contribution < 1.29 is 29.0 Å². The summed E-state index contributed by atoms with van der Waals surface area (Å²) in [5.41, 5.74) is -0.743. The van der Waals surface area contributed by atoms with E-state index >= 15 is 0 Å². The highest BCUT2D eigenvalue weighted by Gasteiger charge is 2.66. The zero-order valence-electron chi connectivity index (χ0n) is 20.9. The number of ketones is 1. The van der Waals surface area contributed by atoms with Crippen molar-refractivity contribution in [3.8, 4) is 11.5 Å². The molecular weight excluding hydrogens is 474 g/mol. The maximum Gasteiger partial charge on any atom is 0.296 e. The predicted molar refractivity (Wildman–Crippen MR) is 138 cm³/mol. The largest absolute Gasteiger partial charge is 0.507 e. The number of amides is 2. The lowest BCUT2D eigenvalue weighted by molar-refractivity contribution is -0.143. The van der Waals surface area contributed by atoms with Crippen LogP contribution in [0.3, 0.4) is 0 Å². The summed E-state index contributed by atoms with van der Waals surface area (Å²) >= 11 is 0. The average Bonchev–Trinajstić information content (AvgIpc) is 3.27. The third-order valence-electron chi connectivity index (χ3n) is 6.92. The number of anilines is 1. The highest BCUT2D eigenvalue weighted by Crippen LogP contribution is 2.53. The Hall–Kier alpha value is -4.11. The van der Waals surface area contributed by atoms with Crippen molar-refractivity contribution >= 4 is 29.0 Å². The molecule has 1 fully saturated rings. The smallest absolute Gasteiger partial charge is 0.296 e. The molecule has 3 heterocycles. The van der Waals surface area contributed by atoms with Gasteiger partial charge in [0, 0.05) is 24.2 Å². The first-order valence-corrected chi connectivity index (χ1v) is 12.2.